The van der Waals surface area contributed by atoms with Gasteiger partial charge in [-0.05, 0) is 0 Å². The molecule has 0 unspecified atom stereocenters. The van der Waals surface area contributed by atoms with Gasteiger partial charge in [0.2, 0.25) is 12.4 Å². The molecule has 74 valence electrons. The third-order valence-corrected chi connectivity index (χ3v) is 1.43. The number of carbonyl (C=O) groups is 1. The van der Waals surface area contributed by atoms with Gasteiger partial charge in [-0.25, -0.2) is 0 Å². The summed E-state index contributed by atoms with van der Waals surface area (Å²) in [6.07, 6.45) is 0. The van der Waals surface area contributed by atoms with E-state index in [0.717, 1.165) is 0 Å². The lowest BCUT2D eigenvalue weighted by Crippen LogP contribution is -2.01. The highest BCUT2D eigenvalue weighted by molar-refractivity contribution is 5.65. The van der Waals surface area contributed by atoms with Crippen molar-refractivity contribution in [3.8, 4) is 0 Å². The van der Waals surface area contributed by atoms with E-state index < -0.39 is 5.97 Å². The molecule has 1 aromatic carbocycles. The van der Waals surface area contributed by atoms with Crippen LogP contribution in [0.2, 0.25) is 0 Å². The Morgan fingerprint density at radius 1 is 1.50 bits per heavy atom. The van der Waals surface area contributed by atoms with Crippen molar-refractivity contribution in [2.75, 3.05) is 6.73 Å². The molecule has 5 nitrogen and oxygen atoms in total. The summed E-state index contributed by atoms with van der Waals surface area (Å²) >= 11 is 0. The maximum atomic E-state index is 11.2. The van der Waals surface area contributed by atoms with Gasteiger partial charge in [0.1, 0.15) is 0 Å². The molecule has 1 aromatic rings. The lowest BCUT2D eigenvalue weighted by atomic mass is 10.3. The summed E-state index contributed by atoms with van der Waals surface area (Å²) in [6.45, 7) is 1.00. The molecule has 0 atom stereocenters. The van der Waals surface area contributed by atoms with Gasteiger partial charge in [-0.2, -0.15) is 0 Å². The van der Waals surface area contributed by atoms with Crippen LogP contribution in [0.4, 0.5) is 5.69 Å². The topological polar surface area (TPSA) is 64.7 Å². The van der Waals surface area contributed by atoms with E-state index in [0.29, 0.717) is 10.5 Å². The number of carbonyl (C=O) groups excluding carboxylic acids is 1. The highest BCUT2D eigenvalue weighted by Gasteiger charge is 2.00. The standard InChI is InChI=1S/C9H10N2O3/c1-8(12)14-7-10-11(13)9-5-3-2-4-6-9/h2-6H,7H2,1H3/b11-10-. The number of nitrogens with zero attached hydrogens (tertiary/aromatic N) is 2. The van der Waals surface area contributed by atoms with Crippen LogP contribution in [0.25, 0.3) is 0 Å². The predicted octanol–water partition coefficient (Wildman–Crippen LogP) is 1.80. The molecule has 0 bridgehead atoms. The number of hydrogen-bond donors (Lipinski definition) is 0. The largest absolute Gasteiger partial charge is 0.594 e. The molecule has 0 radical (unpaired) electrons. The predicted molar refractivity (Wildman–Crippen MR) is 48.8 cm³/mol. The number of azo groups is 1. The van der Waals surface area contributed by atoms with Gasteiger partial charge in [-0.1, -0.05) is 23.1 Å². The molecule has 0 aliphatic carbocycles. The van der Waals surface area contributed by atoms with Crippen LogP contribution in [-0.2, 0) is 9.53 Å². The van der Waals surface area contributed by atoms with E-state index in [1.165, 1.54) is 6.92 Å². The molecule has 0 aromatic heterocycles. The van der Waals surface area contributed by atoms with Crippen LogP contribution in [0, 0.1) is 5.21 Å². The summed E-state index contributed by atoms with van der Waals surface area (Å²) < 4.78 is 4.49. The summed E-state index contributed by atoms with van der Waals surface area (Å²) in [5.41, 5.74) is 0.402. The van der Waals surface area contributed by atoms with Crippen LogP contribution in [-0.4, -0.2) is 17.6 Å². The summed E-state index contributed by atoms with van der Waals surface area (Å²) in [7, 11) is 0. The molecule has 1 rings (SSSR count). The zero-order chi connectivity index (χ0) is 10.4. The Labute approximate surface area is 81.2 Å². The van der Waals surface area contributed by atoms with Crippen molar-refractivity contribution in [2.24, 2.45) is 5.11 Å². The van der Waals surface area contributed by atoms with Gasteiger partial charge in [-0.3, -0.25) is 4.79 Å². The number of ether oxygens (including phenoxy) is 1. The van der Waals surface area contributed by atoms with E-state index in [2.05, 4.69) is 9.85 Å². The first-order chi connectivity index (χ1) is 6.70. The molecule has 0 amide bonds. The number of rotatable bonds is 3. The van der Waals surface area contributed by atoms with E-state index >= 15 is 0 Å². The average Bonchev–Trinajstić information content (AvgIpc) is 2.18. The number of benzene rings is 1. The van der Waals surface area contributed by atoms with Gasteiger partial charge >= 0.3 is 5.97 Å². The van der Waals surface area contributed by atoms with Gasteiger partial charge < -0.3 is 9.94 Å². The Hall–Kier alpha value is -1.91. The van der Waals surface area contributed by atoms with Crippen molar-refractivity contribution in [1.29, 1.82) is 0 Å². The first-order valence-corrected chi connectivity index (χ1v) is 4.03. The number of para-hydroxylation sites is 1. The van der Waals surface area contributed by atoms with Gasteiger partial charge in [-0.15, -0.1) is 0 Å². The Balaban J connectivity index is 2.57. The third kappa shape index (κ3) is 3.22. The number of esters is 1. The van der Waals surface area contributed by atoms with Crippen LogP contribution in [0.3, 0.4) is 0 Å². The van der Waals surface area contributed by atoms with Crippen LogP contribution in [0.1, 0.15) is 6.92 Å². The van der Waals surface area contributed by atoms with E-state index in [1.807, 2.05) is 0 Å². The van der Waals surface area contributed by atoms with E-state index in [1.54, 1.807) is 30.3 Å². The van der Waals surface area contributed by atoms with Crippen molar-refractivity contribution in [3.63, 3.8) is 0 Å². The first kappa shape index (κ1) is 10.2. The quantitative estimate of drug-likeness (QED) is 0.319. The molecule has 0 heterocycles. The van der Waals surface area contributed by atoms with Gasteiger partial charge in [0.15, 0.2) is 0 Å². The van der Waals surface area contributed by atoms with Crippen LogP contribution in [0.5, 0.6) is 0 Å². The molecule has 0 spiro atoms. The minimum absolute atomic E-state index is 0.256. The lowest BCUT2D eigenvalue weighted by molar-refractivity contribution is -0.446. The second-order valence-corrected chi connectivity index (χ2v) is 2.51. The van der Waals surface area contributed by atoms with E-state index in [-0.39, 0.29) is 6.73 Å². The monoisotopic (exact) mass is 194 g/mol. The highest BCUT2D eigenvalue weighted by Crippen LogP contribution is 2.09. The minimum Gasteiger partial charge on any atom is -0.594 e. The summed E-state index contributed by atoms with van der Waals surface area (Å²) in [4.78, 5) is 10.8. The Bertz CT molecular complexity index is 335. The van der Waals surface area contributed by atoms with Crippen molar-refractivity contribution < 1.29 is 14.4 Å². The Morgan fingerprint density at radius 2 is 2.14 bits per heavy atom. The fourth-order valence-corrected chi connectivity index (χ4v) is 0.809. The Kier molecular flexibility index (Phi) is 3.60. The molecule has 0 aliphatic heterocycles. The second kappa shape index (κ2) is 4.96. The molecule has 0 saturated heterocycles. The van der Waals surface area contributed by atoms with E-state index in [4.69, 9.17) is 0 Å². The summed E-state index contributed by atoms with van der Waals surface area (Å²) in [6, 6.07) is 8.47. The molecular formula is C9H10N2O3. The molecule has 0 N–H and O–H groups in total. The zero-order valence-electron chi connectivity index (χ0n) is 7.71. The smallest absolute Gasteiger partial charge is 0.304 e. The normalized spacial score (nSPS) is 11.1. The first-order valence-electron chi connectivity index (χ1n) is 4.03. The van der Waals surface area contributed by atoms with Crippen LogP contribution >= 0.6 is 0 Å². The van der Waals surface area contributed by atoms with E-state index in [9.17, 15) is 10.0 Å². The summed E-state index contributed by atoms with van der Waals surface area (Å²) in [5, 5.41) is 14.7. The van der Waals surface area contributed by atoms with Gasteiger partial charge in [0.05, 0.1) is 0 Å². The molecule has 0 fully saturated rings. The lowest BCUT2D eigenvalue weighted by Gasteiger charge is -1.98. The summed E-state index contributed by atoms with van der Waals surface area (Å²) in [5.74, 6) is -0.463. The molecule has 0 aliphatic rings. The maximum Gasteiger partial charge on any atom is 0.304 e. The second-order valence-electron chi connectivity index (χ2n) is 2.51. The molecule has 14 heavy (non-hydrogen) atoms. The SMILES string of the molecule is CC(=O)OC/N=[N+](\[O-])c1ccccc1. The Morgan fingerprint density at radius 3 is 2.71 bits per heavy atom. The fraction of sp³-hybridized carbons (Fsp3) is 0.222. The fourth-order valence-electron chi connectivity index (χ4n) is 0.809. The van der Waals surface area contributed by atoms with Crippen molar-refractivity contribution in [1.82, 2.24) is 0 Å². The van der Waals surface area contributed by atoms with Gasteiger partial charge in [0, 0.05) is 24.2 Å². The van der Waals surface area contributed by atoms with Crippen molar-refractivity contribution in [3.05, 3.63) is 35.5 Å². The van der Waals surface area contributed by atoms with Crippen LogP contribution < -0.4 is 0 Å². The average molecular weight is 194 g/mol. The van der Waals surface area contributed by atoms with Crippen LogP contribution in [0.15, 0.2) is 35.4 Å². The minimum atomic E-state index is -0.463. The van der Waals surface area contributed by atoms with Crippen molar-refractivity contribution >= 4 is 11.7 Å². The zero-order valence-corrected chi connectivity index (χ0v) is 7.71. The van der Waals surface area contributed by atoms with Crippen molar-refractivity contribution in [2.45, 2.75) is 6.92 Å². The number of hydrogen-bond acceptors (Lipinski definition) is 4. The molecule has 5 heteroatoms. The third-order valence-electron chi connectivity index (χ3n) is 1.43. The molecule has 0 saturated carbocycles. The maximum absolute atomic E-state index is 11.2. The highest BCUT2D eigenvalue weighted by atomic mass is 16.6. The molecular weight excluding hydrogens is 184 g/mol. The van der Waals surface area contributed by atoms with Gasteiger partial charge in [0.25, 0.3) is 0 Å².